The maximum atomic E-state index is 11.5. The fourth-order valence-electron chi connectivity index (χ4n) is 1.86. The van der Waals surface area contributed by atoms with Crippen molar-refractivity contribution in [3.05, 3.63) is 35.9 Å². The van der Waals surface area contributed by atoms with Crippen molar-refractivity contribution >= 4 is 35.9 Å². The van der Waals surface area contributed by atoms with Crippen molar-refractivity contribution in [2.24, 2.45) is 4.99 Å². The van der Waals surface area contributed by atoms with Gasteiger partial charge >= 0.3 is 5.97 Å². The standard InChI is InChI=1S/C17H27N3O2.HI/c1-14(2)22-16(21)11-8-12-18-17(20(3)4)19-13-15-9-6-5-7-10-15;/h5-7,9-10,14H,8,11-13H2,1-4H3,(H,18,19);1H. The van der Waals surface area contributed by atoms with E-state index in [0.29, 0.717) is 19.5 Å². The zero-order valence-corrected chi connectivity index (χ0v) is 16.7. The number of guanidine groups is 1. The first-order valence-electron chi connectivity index (χ1n) is 7.68. The third-order valence-corrected chi connectivity index (χ3v) is 2.89. The van der Waals surface area contributed by atoms with Gasteiger partial charge in [-0.25, -0.2) is 4.99 Å². The molecule has 0 saturated carbocycles. The Morgan fingerprint density at radius 1 is 1.26 bits per heavy atom. The molecule has 0 heterocycles. The molecule has 0 aromatic heterocycles. The van der Waals surface area contributed by atoms with E-state index in [4.69, 9.17) is 4.74 Å². The van der Waals surface area contributed by atoms with Crippen LogP contribution in [0.15, 0.2) is 35.3 Å². The summed E-state index contributed by atoms with van der Waals surface area (Å²) in [5.74, 6) is 0.672. The minimum Gasteiger partial charge on any atom is -0.463 e. The van der Waals surface area contributed by atoms with Gasteiger partial charge in [-0.05, 0) is 25.8 Å². The Hall–Kier alpha value is -1.31. The van der Waals surface area contributed by atoms with E-state index in [1.807, 2.05) is 51.0 Å². The Balaban J connectivity index is 0.00000484. The third kappa shape index (κ3) is 10.1. The summed E-state index contributed by atoms with van der Waals surface area (Å²) in [6, 6.07) is 10.1. The van der Waals surface area contributed by atoms with Gasteiger partial charge in [0.2, 0.25) is 0 Å². The highest BCUT2D eigenvalue weighted by molar-refractivity contribution is 14.0. The monoisotopic (exact) mass is 433 g/mol. The lowest BCUT2D eigenvalue weighted by molar-refractivity contribution is -0.147. The number of ether oxygens (including phenoxy) is 1. The van der Waals surface area contributed by atoms with E-state index in [2.05, 4.69) is 22.4 Å². The molecular weight excluding hydrogens is 405 g/mol. The van der Waals surface area contributed by atoms with Gasteiger partial charge in [0.15, 0.2) is 5.96 Å². The summed E-state index contributed by atoms with van der Waals surface area (Å²) in [6.07, 6.45) is 1.10. The smallest absolute Gasteiger partial charge is 0.306 e. The predicted octanol–water partition coefficient (Wildman–Crippen LogP) is 3.04. The number of nitrogens with zero attached hydrogens (tertiary/aromatic N) is 2. The summed E-state index contributed by atoms with van der Waals surface area (Å²) in [7, 11) is 3.90. The van der Waals surface area contributed by atoms with Gasteiger partial charge in [-0.3, -0.25) is 4.79 Å². The molecule has 0 aliphatic rings. The molecular formula is C17H28IN3O2. The molecule has 1 N–H and O–H groups in total. The van der Waals surface area contributed by atoms with E-state index in [1.54, 1.807) is 0 Å². The SMILES string of the molecule is CC(C)OC(=O)CCCNC(=NCc1ccccc1)N(C)C.I. The molecule has 0 saturated heterocycles. The average molecular weight is 433 g/mol. The first-order valence-corrected chi connectivity index (χ1v) is 7.68. The van der Waals surface area contributed by atoms with E-state index in [9.17, 15) is 4.79 Å². The summed E-state index contributed by atoms with van der Waals surface area (Å²) in [5.41, 5.74) is 1.17. The lowest BCUT2D eigenvalue weighted by Crippen LogP contribution is -2.37. The van der Waals surface area contributed by atoms with E-state index >= 15 is 0 Å². The molecule has 1 aromatic carbocycles. The van der Waals surface area contributed by atoms with Crippen molar-refractivity contribution < 1.29 is 9.53 Å². The topological polar surface area (TPSA) is 53.9 Å². The minimum absolute atomic E-state index is 0. The molecule has 0 radical (unpaired) electrons. The van der Waals surface area contributed by atoms with Crippen LogP contribution in [-0.2, 0) is 16.1 Å². The number of halogens is 1. The predicted molar refractivity (Wildman–Crippen MR) is 105 cm³/mol. The number of nitrogens with one attached hydrogen (secondary N) is 1. The molecule has 0 bridgehead atoms. The van der Waals surface area contributed by atoms with Gasteiger partial charge in [0.1, 0.15) is 0 Å². The van der Waals surface area contributed by atoms with Crippen molar-refractivity contribution in [1.82, 2.24) is 10.2 Å². The average Bonchev–Trinajstić information content (AvgIpc) is 2.46. The Morgan fingerprint density at radius 3 is 2.48 bits per heavy atom. The molecule has 0 unspecified atom stereocenters. The first kappa shape index (κ1) is 21.7. The van der Waals surface area contributed by atoms with Crippen LogP contribution in [0.2, 0.25) is 0 Å². The van der Waals surface area contributed by atoms with Crippen LogP contribution >= 0.6 is 24.0 Å². The van der Waals surface area contributed by atoms with Gasteiger partial charge in [0.05, 0.1) is 12.6 Å². The summed E-state index contributed by atoms with van der Waals surface area (Å²) in [5, 5.41) is 3.27. The van der Waals surface area contributed by atoms with Gasteiger partial charge in [-0.15, -0.1) is 24.0 Å². The number of hydrogen-bond donors (Lipinski definition) is 1. The van der Waals surface area contributed by atoms with Crippen LogP contribution in [0.25, 0.3) is 0 Å². The summed E-state index contributed by atoms with van der Waals surface area (Å²) in [6.45, 7) is 5.04. The fraction of sp³-hybridized carbons (Fsp3) is 0.529. The van der Waals surface area contributed by atoms with Gasteiger partial charge in [0.25, 0.3) is 0 Å². The van der Waals surface area contributed by atoms with E-state index in [1.165, 1.54) is 5.56 Å². The van der Waals surface area contributed by atoms with Crippen LogP contribution in [0.5, 0.6) is 0 Å². The number of aliphatic imine (C=N–C) groups is 1. The highest BCUT2D eigenvalue weighted by atomic mass is 127. The molecule has 130 valence electrons. The van der Waals surface area contributed by atoms with Crippen molar-refractivity contribution in [2.45, 2.75) is 39.3 Å². The molecule has 0 amide bonds. The van der Waals surface area contributed by atoms with Crippen LogP contribution in [0.3, 0.4) is 0 Å². The minimum atomic E-state index is -0.149. The molecule has 5 nitrogen and oxygen atoms in total. The third-order valence-electron chi connectivity index (χ3n) is 2.89. The highest BCUT2D eigenvalue weighted by Crippen LogP contribution is 2.01. The summed E-state index contributed by atoms with van der Waals surface area (Å²) < 4.78 is 5.10. The van der Waals surface area contributed by atoms with Crippen molar-refractivity contribution in [2.75, 3.05) is 20.6 Å². The van der Waals surface area contributed by atoms with E-state index < -0.39 is 0 Å². The zero-order valence-electron chi connectivity index (χ0n) is 14.4. The van der Waals surface area contributed by atoms with E-state index in [-0.39, 0.29) is 36.0 Å². The Kier molecular flexibility index (Phi) is 11.5. The number of carbonyl (C=O) groups excluding carboxylic acids is 1. The van der Waals surface area contributed by atoms with Crippen molar-refractivity contribution in [3.8, 4) is 0 Å². The molecule has 1 aromatic rings. The fourth-order valence-corrected chi connectivity index (χ4v) is 1.86. The van der Waals surface area contributed by atoms with Crippen LogP contribution in [0.1, 0.15) is 32.3 Å². The van der Waals surface area contributed by atoms with Crippen LogP contribution < -0.4 is 5.32 Å². The second kappa shape index (κ2) is 12.2. The molecule has 0 aliphatic carbocycles. The van der Waals surface area contributed by atoms with Gasteiger partial charge < -0.3 is 15.0 Å². The van der Waals surface area contributed by atoms with Gasteiger partial charge in [0, 0.05) is 27.1 Å². The number of benzene rings is 1. The lowest BCUT2D eigenvalue weighted by Gasteiger charge is -2.17. The number of carbonyl (C=O) groups is 1. The molecule has 6 heteroatoms. The second-order valence-electron chi connectivity index (χ2n) is 5.59. The molecule has 23 heavy (non-hydrogen) atoms. The number of hydrogen-bond acceptors (Lipinski definition) is 3. The maximum absolute atomic E-state index is 11.5. The molecule has 0 atom stereocenters. The normalized spacial score (nSPS) is 10.9. The van der Waals surface area contributed by atoms with Crippen molar-refractivity contribution in [3.63, 3.8) is 0 Å². The molecule has 1 rings (SSSR count). The molecule has 0 aliphatic heterocycles. The van der Waals surface area contributed by atoms with Crippen LogP contribution in [0, 0.1) is 0 Å². The lowest BCUT2D eigenvalue weighted by atomic mass is 10.2. The molecule has 0 spiro atoms. The Morgan fingerprint density at radius 2 is 1.91 bits per heavy atom. The highest BCUT2D eigenvalue weighted by Gasteiger charge is 2.06. The van der Waals surface area contributed by atoms with Gasteiger partial charge in [-0.1, -0.05) is 30.3 Å². The summed E-state index contributed by atoms with van der Waals surface area (Å²) in [4.78, 5) is 18.0. The number of esters is 1. The Labute approximate surface area is 156 Å². The van der Waals surface area contributed by atoms with Crippen LogP contribution in [-0.4, -0.2) is 43.6 Å². The van der Waals surface area contributed by atoms with Gasteiger partial charge in [-0.2, -0.15) is 0 Å². The summed E-state index contributed by atoms with van der Waals surface area (Å²) >= 11 is 0. The molecule has 0 fully saturated rings. The van der Waals surface area contributed by atoms with E-state index in [0.717, 1.165) is 12.4 Å². The maximum Gasteiger partial charge on any atom is 0.306 e. The Bertz CT molecular complexity index is 476. The van der Waals surface area contributed by atoms with Crippen molar-refractivity contribution in [1.29, 1.82) is 0 Å². The van der Waals surface area contributed by atoms with Crippen LogP contribution in [0.4, 0.5) is 0 Å². The first-order chi connectivity index (χ1) is 10.5. The number of rotatable bonds is 7. The zero-order chi connectivity index (χ0) is 16.4. The second-order valence-corrected chi connectivity index (χ2v) is 5.59. The quantitative estimate of drug-likeness (QED) is 0.236. The largest absolute Gasteiger partial charge is 0.463 e.